The second-order valence-corrected chi connectivity index (χ2v) is 6.04. The highest BCUT2D eigenvalue weighted by atomic mass is 35.5. The number of non-ortho nitro benzene ring substituents is 1. The van der Waals surface area contributed by atoms with E-state index >= 15 is 0 Å². The van der Waals surface area contributed by atoms with Gasteiger partial charge in [0.25, 0.3) is 5.69 Å². The molecule has 0 aliphatic carbocycles. The first kappa shape index (κ1) is 18.7. The highest BCUT2D eigenvalue weighted by Gasteiger charge is 2.12. The topological polar surface area (TPSA) is 74.5 Å². The monoisotopic (exact) mass is 384 g/mol. The van der Waals surface area contributed by atoms with Crippen LogP contribution in [0.25, 0.3) is 23.1 Å². The maximum atomic E-state index is 11.1. The number of nitrogens with zero attached hydrogens (tertiary/aromatic N) is 2. The maximum Gasteiger partial charge on any atom is 0.278 e. The van der Waals surface area contributed by atoms with Gasteiger partial charge >= 0.3 is 0 Å². The highest BCUT2D eigenvalue weighted by molar-refractivity contribution is 6.32. The predicted octanol–water partition coefficient (Wildman–Crippen LogP) is 5.37. The number of pyridine rings is 1. The highest BCUT2D eigenvalue weighted by Crippen LogP contribution is 2.36. The first-order chi connectivity index (χ1) is 13.0. The van der Waals surface area contributed by atoms with Crippen LogP contribution in [0.3, 0.4) is 0 Å². The minimum Gasteiger partial charge on any atom is -0.491 e. The molecular formula is C20H17ClN2O4. The number of nitro groups is 1. The summed E-state index contributed by atoms with van der Waals surface area (Å²) in [7, 11) is 1.54. The molecule has 0 N–H and O–H groups in total. The minimum atomic E-state index is -0.409. The maximum absolute atomic E-state index is 11.1. The predicted molar refractivity (Wildman–Crippen MR) is 106 cm³/mol. The summed E-state index contributed by atoms with van der Waals surface area (Å²) in [6.45, 7) is 2.37. The van der Waals surface area contributed by atoms with Crippen LogP contribution in [0.5, 0.6) is 11.5 Å². The number of halogens is 1. The molecule has 0 radical (unpaired) electrons. The van der Waals surface area contributed by atoms with Gasteiger partial charge in [0.2, 0.25) is 0 Å². The van der Waals surface area contributed by atoms with Crippen LogP contribution in [0.1, 0.15) is 18.2 Å². The summed E-state index contributed by atoms with van der Waals surface area (Å²) < 4.78 is 10.8. The normalized spacial score (nSPS) is 11.1. The molecule has 0 saturated carbocycles. The van der Waals surface area contributed by atoms with E-state index in [1.807, 2.05) is 25.1 Å². The third kappa shape index (κ3) is 4.01. The largest absolute Gasteiger partial charge is 0.491 e. The van der Waals surface area contributed by atoms with Crippen molar-refractivity contribution in [2.24, 2.45) is 0 Å². The summed E-state index contributed by atoms with van der Waals surface area (Å²) in [5.74, 6) is 1.06. The number of benzene rings is 2. The van der Waals surface area contributed by atoms with Gasteiger partial charge in [-0.05, 0) is 48.9 Å². The molecule has 7 heteroatoms. The van der Waals surface area contributed by atoms with E-state index in [0.717, 1.165) is 5.56 Å². The van der Waals surface area contributed by atoms with Crippen molar-refractivity contribution in [2.45, 2.75) is 6.92 Å². The lowest BCUT2D eigenvalue weighted by molar-refractivity contribution is -0.383. The molecule has 1 aromatic heterocycles. The summed E-state index contributed by atoms with van der Waals surface area (Å²) in [5.41, 5.74) is 2.10. The summed E-state index contributed by atoms with van der Waals surface area (Å²) >= 11 is 6.26. The van der Waals surface area contributed by atoms with E-state index in [-0.39, 0.29) is 5.69 Å². The molecule has 0 atom stereocenters. The molecule has 0 amide bonds. The number of hydrogen-bond donors (Lipinski definition) is 0. The Hall–Kier alpha value is -3.12. The van der Waals surface area contributed by atoms with Crippen molar-refractivity contribution in [2.75, 3.05) is 13.7 Å². The molecule has 27 heavy (non-hydrogen) atoms. The fourth-order valence-electron chi connectivity index (χ4n) is 2.73. The van der Waals surface area contributed by atoms with Gasteiger partial charge in [-0.2, -0.15) is 0 Å². The van der Waals surface area contributed by atoms with Crippen LogP contribution in [-0.4, -0.2) is 23.6 Å². The molecule has 6 nitrogen and oxygen atoms in total. The molecule has 3 aromatic rings. The van der Waals surface area contributed by atoms with E-state index in [0.29, 0.717) is 39.7 Å². The van der Waals surface area contributed by atoms with Crippen LogP contribution in [0.15, 0.2) is 42.5 Å². The summed E-state index contributed by atoms with van der Waals surface area (Å²) in [4.78, 5) is 15.2. The van der Waals surface area contributed by atoms with Gasteiger partial charge in [-0.25, -0.2) is 4.98 Å². The van der Waals surface area contributed by atoms with E-state index < -0.39 is 4.92 Å². The molecule has 0 fully saturated rings. The zero-order valence-corrected chi connectivity index (χ0v) is 15.6. The number of hydrogen-bond acceptors (Lipinski definition) is 5. The van der Waals surface area contributed by atoms with Crippen molar-refractivity contribution in [1.82, 2.24) is 4.98 Å². The van der Waals surface area contributed by atoms with Crippen molar-refractivity contribution in [1.29, 1.82) is 0 Å². The Bertz CT molecular complexity index is 1030. The van der Waals surface area contributed by atoms with Gasteiger partial charge in [-0.3, -0.25) is 10.1 Å². The lowest BCUT2D eigenvalue weighted by Gasteiger charge is -2.11. The standard InChI is InChI=1S/C20H17ClN2O4/c1-3-27-19-12-13(11-16(21)20(19)26-2)7-8-14-9-10-15-17(22-14)5-4-6-18(15)23(24)25/h4-12H,3H2,1-2H3/b8-7+. The van der Waals surface area contributed by atoms with Gasteiger partial charge in [0.15, 0.2) is 11.5 Å². The van der Waals surface area contributed by atoms with E-state index in [9.17, 15) is 10.1 Å². The van der Waals surface area contributed by atoms with E-state index in [4.69, 9.17) is 21.1 Å². The fraction of sp³-hybridized carbons (Fsp3) is 0.150. The first-order valence-corrected chi connectivity index (χ1v) is 8.64. The van der Waals surface area contributed by atoms with Gasteiger partial charge in [-0.1, -0.05) is 23.7 Å². The van der Waals surface area contributed by atoms with E-state index in [1.165, 1.54) is 13.2 Å². The quantitative estimate of drug-likeness (QED) is 0.421. The molecular weight excluding hydrogens is 368 g/mol. The molecule has 0 aliphatic rings. The zero-order chi connectivity index (χ0) is 19.4. The second-order valence-electron chi connectivity index (χ2n) is 5.64. The molecule has 3 rings (SSSR count). The number of fused-ring (bicyclic) bond motifs is 1. The van der Waals surface area contributed by atoms with Crippen molar-refractivity contribution in [3.63, 3.8) is 0 Å². The lowest BCUT2D eigenvalue weighted by Crippen LogP contribution is -1.96. The Morgan fingerprint density at radius 2 is 2.04 bits per heavy atom. The first-order valence-electron chi connectivity index (χ1n) is 8.26. The van der Waals surface area contributed by atoms with Crippen molar-refractivity contribution < 1.29 is 14.4 Å². The molecule has 0 aliphatic heterocycles. The molecule has 1 heterocycles. The average molecular weight is 385 g/mol. The third-order valence-corrected chi connectivity index (χ3v) is 4.19. The molecule has 0 saturated heterocycles. The number of rotatable bonds is 6. The summed E-state index contributed by atoms with van der Waals surface area (Å²) in [5, 5.41) is 12.1. The number of aromatic nitrogens is 1. The SMILES string of the molecule is CCOc1cc(/C=C/c2ccc3c([N+](=O)[O-])cccc3n2)cc(Cl)c1OC. The Morgan fingerprint density at radius 3 is 2.74 bits per heavy atom. The van der Waals surface area contributed by atoms with Crippen LogP contribution < -0.4 is 9.47 Å². The van der Waals surface area contributed by atoms with Gasteiger partial charge in [0, 0.05) is 6.07 Å². The van der Waals surface area contributed by atoms with Crippen molar-refractivity contribution >= 4 is 40.3 Å². The van der Waals surface area contributed by atoms with Crippen LogP contribution in [0.2, 0.25) is 5.02 Å². The van der Waals surface area contributed by atoms with Gasteiger partial charge in [0.05, 0.1) is 40.3 Å². The van der Waals surface area contributed by atoms with Gasteiger partial charge < -0.3 is 9.47 Å². The third-order valence-electron chi connectivity index (χ3n) is 3.91. The van der Waals surface area contributed by atoms with Crippen LogP contribution in [0.4, 0.5) is 5.69 Å². The minimum absolute atomic E-state index is 0.0406. The molecule has 2 aromatic carbocycles. The molecule has 0 unspecified atom stereocenters. The Labute approximate surface area is 161 Å². The van der Waals surface area contributed by atoms with Crippen molar-refractivity contribution in [3.05, 3.63) is 68.9 Å². The second kappa shape index (κ2) is 8.05. The number of nitro benzene ring substituents is 1. The van der Waals surface area contributed by atoms with Crippen LogP contribution >= 0.6 is 11.6 Å². The van der Waals surface area contributed by atoms with Gasteiger partial charge in [-0.15, -0.1) is 0 Å². The number of ether oxygens (including phenoxy) is 2. The lowest BCUT2D eigenvalue weighted by atomic mass is 10.1. The summed E-state index contributed by atoms with van der Waals surface area (Å²) in [6.07, 6.45) is 3.66. The van der Waals surface area contributed by atoms with E-state index in [1.54, 1.807) is 30.3 Å². The van der Waals surface area contributed by atoms with Gasteiger partial charge in [0.1, 0.15) is 0 Å². The zero-order valence-electron chi connectivity index (χ0n) is 14.8. The average Bonchev–Trinajstić information content (AvgIpc) is 2.65. The smallest absolute Gasteiger partial charge is 0.278 e. The van der Waals surface area contributed by atoms with Crippen LogP contribution in [0, 0.1) is 10.1 Å². The molecule has 138 valence electrons. The number of methoxy groups -OCH3 is 1. The molecule has 0 bridgehead atoms. The summed E-state index contributed by atoms with van der Waals surface area (Å²) in [6, 6.07) is 11.9. The fourth-order valence-corrected chi connectivity index (χ4v) is 3.03. The Balaban J connectivity index is 1.95. The Morgan fingerprint density at radius 1 is 1.22 bits per heavy atom. The van der Waals surface area contributed by atoms with Crippen LogP contribution in [-0.2, 0) is 0 Å². The van der Waals surface area contributed by atoms with E-state index in [2.05, 4.69) is 4.98 Å². The molecule has 0 spiro atoms. The van der Waals surface area contributed by atoms with Crippen molar-refractivity contribution in [3.8, 4) is 11.5 Å². The Kier molecular flexibility index (Phi) is 5.57.